The maximum absolute atomic E-state index is 13.2. The fourth-order valence-electron chi connectivity index (χ4n) is 3.36. The van der Waals surface area contributed by atoms with Gasteiger partial charge in [0.2, 0.25) is 0 Å². The molecule has 4 rings (SSSR count). The molecule has 0 spiro atoms. The van der Waals surface area contributed by atoms with Crippen molar-refractivity contribution >= 4 is 33.2 Å². The Morgan fingerprint density at radius 3 is 2.50 bits per heavy atom. The van der Waals surface area contributed by atoms with E-state index in [-0.39, 0.29) is 11.6 Å². The minimum atomic E-state index is -0.0332. The Hall–Kier alpha value is -2.76. The molecule has 26 heavy (non-hydrogen) atoms. The highest BCUT2D eigenvalue weighted by Gasteiger charge is 2.20. The number of aromatic nitrogens is 5. The number of nitrogens with zero attached hydrogens (tertiary/aromatic N) is 5. The third-order valence-corrected chi connectivity index (χ3v) is 5.08. The summed E-state index contributed by atoms with van der Waals surface area (Å²) in [5, 5.41) is 0.581. The lowest BCUT2D eigenvalue weighted by atomic mass is 10.2. The fraction of sp³-hybridized carbons (Fsp3) is 0.400. The SMILES string of the molecule is CCCCn1c2nc3ccccc3nc2c2c(=O)n([C@H](C)CC)cnc21. The molecule has 0 fully saturated rings. The fourth-order valence-corrected chi connectivity index (χ4v) is 3.36. The topological polar surface area (TPSA) is 65.6 Å². The second-order valence-electron chi connectivity index (χ2n) is 6.80. The van der Waals surface area contributed by atoms with E-state index >= 15 is 0 Å². The molecule has 0 aliphatic rings. The monoisotopic (exact) mass is 349 g/mol. The maximum Gasteiger partial charge on any atom is 0.265 e. The van der Waals surface area contributed by atoms with E-state index in [1.54, 1.807) is 10.9 Å². The van der Waals surface area contributed by atoms with Crippen LogP contribution in [-0.2, 0) is 6.54 Å². The molecule has 0 saturated carbocycles. The van der Waals surface area contributed by atoms with Gasteiger partial charge >= 0.3 is 0 Å². The standard InChI is InChI=1S/C20H23N5O/c1-4-6-11-24-18-16(20(26)25(12-21-18)13(3)5-2)17-19(24)23-15-10-8-7-9-14(15)22-17/h7-10,12-13H,4-6,11H2,1-3H3/t13-/m1/s1. The minimum absolute atomic E-state index is 0.0332. The zero-order valence-corrected chi connectivity index (χ0v) is 15.4. The molecule has 3 heterocycles. The van der Waals surface area contributed by atoms with Gasteiger partial charge < -0.3 is 4.57 Å². The molecule has 1 aromatic carbocycles. The van der Waals surface area contributed by atoms with E-state index in [1.807, 2.05) is 31.2 Å². The summed E-state index contributed by atoms with van der Waals surface area (Å²) in [7, 11) is 0. The quantitative estimate of drug-likeness (QED) is 0.545. The number of fused-ring (bicyclic) bond motifs is 4. The molecule has 134 valence electrons. The van der Waals surface area contributed by atoms with Crippen molar-refractivity contribution in [3.63, 3.8) is 0 Å². The largest absolute Gasteiger partial charge is 0.308 e. The van der Waals surface area contributed by atoms with Crippen molar-refractivity contribution in [1.82, 2.24) is 24.1 Å². The van der Waals surface area contributed by atoms with Crippen LogP contribution in [0.5, 0.6) is 0 Å². The first-order valence-electron chi connectivity index (χ1n) is 9.31. The molecule has 0 aliphatic heterocycles. The first-order valence-corrected chi connectivity index (χ1v) is 9.31. The molecule has 0 saturated heterocycles. The van der Waals surface area contributed by atoms with Crippen LogP contribution in [0.1, 0.15) is 46.1 Å². The smallest absolute Gasteiger partial charge is 0.265 e. The number of aryl methyl sites for hydroxylation is 1. The van der Waals surface area contributed by atoms with E-state index in [0.29, 0.717) is 16.6 Å². The van der Waals surface area contributed by atoms with Crippen LogP contribution in [0, 0.1) is 0 Å². The zero-order chi connectivity index (χ0) is 18.3. The van der Waals surface area contributed by atoms with Gasteiger partial charge in [-0.3, -0.25) is 9.36 Å². The average molecular weight is 349 g/mol. The third kappa shape index (κ3) is 2.48. The van der Waals surface area contributed by atoms with Crippen LogP contribution in [0.3, 0.4) is 0 Å². The summed E-state index contributed by atoms with van der Waals surface area (Å²) < 4.78 is 3.76. The molecule has 6 nitrogen and oxygen atoms in total. The highest BCUT2D eigenvalue weighted by molar-refractivity contribution is 6.04. The van der Waals surface area contributed by atoms with E-state index in [0.717, 1.165) is 42.5 Å². The second-order valence-corrected chi connectivity index (χ2v) is 6.80. The van der Waals surface area contributed by atoms with E-state index in [1.165, 1.54) is 0 Å². The van der Waals surface area contributed by atoms with Gasteiger partial charge in [-0.25, -0.2) is 15.0 Å². The minimum Gasteiger partial charge on any atom is -0.308 e. The number of benzene rings is 1. The van der Waals surface area contributed by atoms with Gasteiger partial charge in [0.15, 0.2) is 11.3 Å². The summed E-state index contributed by atoms with van der Waals surface area (Å²) >= 11 is 0. The van der Waals surface area contributed by atoms with Crippen molar-refractivity contribution in [3.05, 3.63) is 40.9 Å². The predicted octanol–water partition coefficient (Wildman–Crippen LogP) is 4.07. The van der Waals surface area contributed by atoms with Gasteiger partial charge in [0.1, 0.15) is 17.2 Å². The lowest BCUT2D eigenvalue weighted by molar-refractivity contribution is 0.510. The molecule has 0 radical (unpaired) electrons. The summed E-state index contributed by atoms with van der Waals surface area (Å²) in [6.45, 7) is 7.03. The first kappa shape index (κ1) is 16.7. The van der Waals surface area contributed by atoms with Crippen LogP contribution in [0.4, 0.5) is 0 Å². The molecule has 0 aliphatic carbocycles. The Morgan fingerprint density at radius 2 is 1.81 bits per heavy atom. The summed E-state index contributed by atoms with van der Waals surface area (Å²) in [6.07, 6.45) is 4.60. The Labute approximate surface area is 151 Å². The van der Waals surface area contributed by atoms with Crippen LogP contribution in [0.25, 0.3) is 33.2 Å². The number of rotatable bonds is 5. The van der Waals surface area contributed by atoms with E-state index in [4.69, 9.17) is 9.97 Å². The van der Waals surface area contributed by atoms with Gasteiger partial charge in [-0.2, -0.15) is 0 Å². The van der Waals surface area contributed by atoms with Gasteiger partial charge in [0.05, 0.1) is 11.0 Å². The molecule has 0 unspecified atom stereocenters. The number of hydrogen-bond donors (Lipinski definition) is 0. The van der Waals surface area contributed by atoms with Crippen LogP contribution < -0.4 is 5.56 Å². The Balaban J connectivity index is 2.13. The number of unbranched alkanes of at least 4 members (excludes halogenated alkanes) is 1. The summed E-state index contributed by atoms with van der Waals surface area (Å²) in [4.78, 5) is 27.4. The third-order valence-electron chi connectivity index (χ3n) is 5.08. The van der Waals surface area contributed by atoms with Crippen molar-refractivity contribution < 1.29 is 0 Å². The van der Waals surface area contributed by atoms with Crippen molar-refractivity contribution in [3.8, 4) is 0 Å². The van der Waals surface area contributed by atoms with Crippen LogP contribution >= 0.6 is 0 Å². The molecular weight excluding hydrogens is 326 g/mol. The number of hydrogen-bond acceptors (Lipinski definition) is 4. The molecule has 3 aromatic heterocycles. The summed E-state index contributed by atoms with van der Waals surface area (Å²) in [5.74, 6) is 0. The Kier molecular flexibility index (Phi) is 4.18. The van der Waals surface area contributed by atoms with Crippen molar-refractivity contribution in [2.24, 2.45) is 0 Å². The zero-order valence-electron chi connectivity index (χ0n) is 15.4. The van der Waals surface area contributed by atoms with Gasteiger partial charge in [0, 0.05) is 12.6 Å². The predicted molar refractivity (Wildman–Crippen MR) is 105 cm³/mol. The van der Waals surface area contributed by atoms with Gasteiger partial charge in [0.25, 0.3) is 5.56 Å². The van der Waals surface area contributed by atoms with Crippen LogP contribution in [0.15, 0.2) is 35.4 Å². The van der Waals surface area contributed by atoms with Gasteiger partial charge in [-0.15, -0.1) is 0 Å². The molecule has 0 amide bonds. The lowest BCUT2D eigenvalue weighted by Gasteiger charge is -2.12. The van der Waals surface area contributed by atoms with Crippen LogP contribution in [0.2, 0.25) is 0 Å². The molecule has 1 atom stereocenters. The van der Waals surface area contributed by atoms with Crippen molar-refractivity contribution in [2.45, 2.75) is 52.6 Å². The Bertz CT molecular complexity index is 1160. The average Bonchev–Trinajstić information content (AvgIpc) is 2.97. The van der Waals surface area contributed by atoms with Gasteiger partial charge in [-0.05, 0) is 31.9 Å². The normalized spacial score (nSPS) is 13.0. The van der Waals surface area contributed by atoms with Gasteiger partial charge in [-0.1, -0.05) is 32.4 Å². The molecular formula is C20H23N5O. The van der Waals surface area contributed by atoms with E-state index in [2.05, 4.69) is 23.4 Å². The molecule has 0 N–H and O–H groups in total. The van der Waals surface area contributed by atoms with E-state index < -0.39 is 0 Å². The molecule has 4 aromatic rings. The first-order chi connectivity index (χ1) is 12.7. The summed E-state index contributed by atoms with van der Waals surface area (Å²) in [6, 6.07) is 7.88. The van der Waals surface area contributed by atoms with Crippen molar-refractivity contribution in [1.29, 1.82) is 0 Å². The molecule has 0 bridgehead atoms. The summed E-state index contributed by atoms with van der Waals surface area (Å²) in [5.41, 5.74) is 3.70. The maximum atomic E-state index is 13.2. The lowest BCUT2D eigenvalue weighted by Crippen LogP contribution is -2.23. The van der Waals surface area contributed by atoms with E-state index in [9.17, 15) is 4.79 Å². The highest BCUT2D eigenvalue weighted by Crippen LogP contribution is 2.25. The van der Waals surface area contributed by atoms with Crippen molar-refractivity contribution in [2.75, 3.05) is 0 Å². The van der Waals surface area contributed by atoms with Crippen LogP contribution in [-0.4, -0.2) is 24.1 Å². The molecule has 6 heteroatoms. The Morgan fingerprint density at radius 1 is 1.08 bits per heavy atom. The highest BCUT2D eigenvalue weighted by atomic mass is 16.1. The second kappa shape index (κ2) is 6.52. The number of para-hydroxylation sites is 2.